The van der Waals surface area contributed by atoms with Gasteiger partial charge < -0.3 is 25.0 Å². The molecule has 41 heavy (non-hydrogen) atoms. The second kappa shape index (κ2) is 14.3. The number of aryl methyl sites for hydroxylation is 1. The maximum atomic E-state index is 14.4. The summed E-state index contributed by atoms with van der Waals surface area (Å²) in [7, 11) is 1.58. The largest absolute Gasteiger partial charge is 0.497 e. The Labute approximate surface area is 243 Å². The van der Waals surface area contributed by atoms with Gasteiger partial charge in [-0.25, -0.2) is 4.79 Å². The zero-order chi connectivity index (χ0) is 30.0. The van der Waals surface area contributed by atoms with Crippen molar-refractivity contribution in [3.63, 3.8) is 0 Å². The molecular formula is C33H41N3O5. The van der Waals surface area contributed by atoms with E-state index in [4.69, 9.17) is 9.47 Å². The molecule has 3 amide bonds. The summed E-state index contributed by atoms with van der Waals surface area (Å²) in [5.74, 6) is -0.0695. The third-order valence-electron chi connectivity index (χ3n) is 6.42. The van der Waals surface area contributed by atoms with E-state index in [0.29, 0.717) is 30.0 Å². The fourth-order valence-corrected chi connectivity index (χ4v) is 4.54. The van der Waals surface area contributed by atoms with Crippen molar-refractivity contribution in [2.45, 2.75) is 65.1 Å². The Balaban J connectivity index is 2.02. The minimum absolute atomic E-state index is 0.236. The van der Waals surface area contributed by atoms with Gasteiger partial charge in [-0.1, -0.05) is 61.5 Å². The monoisotopic (exact) mass is 559 g/mol. The van der Waals surface area contributed by atoms with E-state index < -0.39 is 23.8 Å². The summed E-state index contributed by atoms with van der Waals surface area (Å²) in [5, 5.41) is 5.76. The van der Waals surface area contributed by atoms with Gasteiger partial charge in [-0.05, 0) is 75.1 Å². The summed E-state index contributed by atoms with van der Waals surface area (Å²) < 4.78 is 10.7. The van der Waals surface area contributed by atoms with Gasteiger partial charge in [-0.15, -0.1) is 0 Å². The molecule has 0 bridgehead atoms. The van der Waals surface area contributed by atoms with Gasteiger partial charge in [-0.3, -0.25) is 9.59 Å². The topological polar surface area (TPSA) is 97.0 Å². The third kappa shape index (κ3) is 9.10. The zero-order valence-electron chi connectivity index (χ0n) is 24.8. The quantitative estimate of drug-likeness (QED) is 0.298. The molecule has 2 unspecified atom stereocenters. The van der Waals surface area contributed by atoms with Crippen molar-refractivity contribution in [3.05, 3.63) is 95.6 Å². The summed E-state index contributed by atoms with van der Waals surface area (Å²) >= 11 is 0. The van der Waals surface area contributed by atoms with Crippen LogP contribution >= 0.6 is 0 Å². The van der Waals surface area contributed by atoms with Crippen molar-refractivity contribution in [1.29, 1.82) is 0 Å². The number of carbonyl (C=O) groups excluding carboxylic acids is 3. The Morgan fingerprint density at radius 1 is 0.902 bits per heavy atom. The van der Waals surface area contributed by atoms with Crippen LogP contribution < -0.4 is 15.4 Å². The number of methoxy groups -OCH3 is 1. The first-order chi connectivity index (χ1) is 19.5. The molecule has 8 heteroatoms. The van der Waals surface area contributed by atoms with Gasteiger partial charge in [0.25, 0.3) is 5.91 Å². The number of benzene rings is 3. The normalized spacial score (nSPS) is 12.5. The van der Waals surface area contributed by atoms with Gasteiger partial charge in [0.05, 0.1) is 7.11 Å². The van der Waals surface area contributed by atoms with E-state index in [1.165, 1.54) is 0 Å². The first-order valence-electron chi connectivity index (χ1n) is 13.9. The molecule has 0 saturated heterocycles. The number of alkyl carbamates (subject to hydrolysis) is 1. The van der Waals surface area contributed by atoms with Crippen molar-refractivity contribution >= 4 is 23.6 Å². The van der Waals surface area contributed by atoms with Crippen molar-refractivity contribution in [2.75, 3.05) is 19.0 Å². The SMILES string of the molecule is CCCN(C(=O)C(Cc1ccccc1)NC(=O)OC(C)(C)C)C(C(=O)Nc1ccc(OC)cc1)c1ccccc1C. The number of hydrogen-bond acceptors (Lipinski definition) is 5. The predicted molar refractivity (Wildman–Crippen MR) is 161 cm³/mol. The molecule has 2 atom stereocenters. The molecular weight excluding hydrogens is 518 g/mol. The molecule has 0 heterocycles. The van der Waals surface area contributed by atoms with Crippen LogP contribution in [-0.4, -0.2) is 48.1 Å². The number of nitrogens with one attached hydrogen (secondary N) is 2. The molecule has 3 rings (SSSR count). The molecule has 3 aromatic carbocycles. The highest BCUT2D eigenvalue weighted by Crippen LogP contribution is 2.28. The summed E-state index contributed by atoms with van der Waals surface area (Å²) in [6.45, 7) is 9.46. The van der Waals surface area contributed by atoms with Crippen molar-refractivity contribution in [3.8, 4) is 5.75 Å². The lowest BCUT2D eigenvalue weighted by atomic mass is 9.96. The second-order valence-corrected chi connectivity index (χ2v) is 10.9. The molecule has 0 aromatic heterocycles. The van der Waals surface area contributed by atoms with Crippen molar-refractivity contribution in [2.24, 2.45) is 0 Å². The zero-order valence-corrected chi connectivity index (χ0v) is 24.8. The van der Waals surface area contributed by atoms with Gasteiger partial charge in [0.1, 0.15) is 23.4 Å². The number of amides is 3. The van der Waals surface area contributed by atoms with Crippen molar-refractivity contribution < 1.29 is 23.9 Å². The summed E-state index contributed by atoms with van der Waals surface area (Å²) in [4.78, 5) is 42.8. The fourth-order valence-electron chi connectivity index (χ4n) is 4.54. The van der Waals surface area contributed by atoms with E-state index in [9.17, 15) is 14.4 Å². The minimum Gasteiger partial charge on any atom is -0.497 e. The lowest BCUT2D eigenvalue weighted by Gasteiger charge is -2.35. The second-order valence-electron chi connectivity index (χ2n) is 10.9. The Hall–Kier alpha value is -4.33. The lowest BCUT2D eigenvalue weighted by molar-refractivity contribution is -0.140. The lowest BCUT2D eigenvalue weighted by Crippen LogP contribution is -2.53. The highest BCUT2D eigenvalue weighted by Gasteiger charge is 2.36. The Bertz CT molecular complexity index is 1300. The molecule has 218 valence electrons. The van der Waals surface area contributed by atoms with Crippen molar-refractivity contribution in [1.82, 2.24) is 10.2 Å². The third-order valence-corrected chi connectivity index (χ3v) is 6.42. The number of ether oxygens (including phenoxy) is 2. The van der Waals surface area contributed by atoms with Gasteiger partial charge >= 0.3 is 6.09 Å². The molecule has 0 aliphatic heterocycles. The number of rotatable bonds is 11. The fraction of sp³-hybridized carbons (Fsp3) is 0.364. The van der Waals surface area contributed by atoms with Crippen LogP contribution in [0.25, 0.3) is 0 Å². The molecule has 0 saturated carbocycles. The van der Waals surface area contributed by atoms with Crippen LogP contribution in [0.4, 0.5) is 10.5 Å². The highest BCUT2D eigenvalue weighted by molar-refractivity contribution is 5.99. The van der Waals surface area contributed by atoms with Crippen LogP contribution in [0.1, 0.15) is 56.8 Å². The standard InChI is InChI=1S/C33H41N3O5/c1-7-21-36(31(38)28(22-24-14-9-8-10-15-24)35-32(39)41-33(3,4)5)29(27-16-12-11-13-23(27)2)30(37)34-25-17-19-26(40-6)20-18-25/h8-20,28-29H,7,21-22H2,1-6H3,(H,34,37)(H,35,39). The van der Waals surface area contributed by atoms with Crippen LogP contribution in [0.2, 0.25) is 0 Å². The number of hydrogen-bond donors (Lipinski definition) is 2. The molecule has 0 aliphatic rings. The molecule has 0 radical (unpaired) electrons. The van der Waals surface area contributed by atoms with Crippen LogP contribution in [-0.2, 0) is 20.7 Å². The van der Waals surface area contributed by atoms with Crippen LogP contribution in [0.15, 0.2) is 78.9 Å². The average Bonchev–Trinajstić information content (AvgIpc) is 2.93. The Kier molecular flexibility index (Phi) is 10.9. The number of anilines is 1. The Morgan fingerprint density at radius 3 is 2.12 bits per heavy atom. The predicted octanol–water partition coefficient (Wildman–Crippen LogP) is 6.06. The Morgan fingerprint density at radius 2 is 1.54 bits per heavy atom. The van der Waals surface area contributed by atoms with Crippen LogP contribution in [0.5, 0.6) is 5.75 Å². The smallest absolute Gasteiger partial charge is 0.408 e. The first kappa shape index (κ1) is 31.2. The average molecular weight is 560 g/mol. The molecule has 2 N–H and O–H groups in total. The molecule has 0 spiro atoms. The molecule has 3 aromatic rings. The number of carbonyl (C=O) groups is 3. The molecule has 0 fully saturated rings. The maximum absolute atomic E-state index is 14.4. The summed E-state index contributed by atoms with van der Waals surface area (Å²) in [5.41, 5.74) is 2.28. The van der Waals surface area contributed by atoms with Gasteiger partial charge in [-0.2, -0.15) is 0 Å². The van der Waals surface area contributed by atoms with E-state index >= 15 is 0 Å². The van der Waals surface area contributed by atoms with E-state index in [-0.39, 0.29) is 18.2 Å². The van der Waals surface area contributed by atoms with E-state index in [2.05, 4.69) is 10.6 Å². The van der Waals surface area contributed by atoms with E-state index in [0.717, 1.165) is 11.1 Å². The number of nitrogens with zero attached hydrogens (tertiary/aromatic N) is 1. The maximum Gasteiger partial charge on any atom is 0.408 e. The molecule has 0 aliphatic carbocycles. The summed E-state index contributed by atoms with van der Waals surface area (Å²) in [6.07, 6.45) is 0.145. The van der Waals surface area contributed by atoms with E-state index in [1.54, 1.807) is 57.0 Å². The summed E-state index contributed by atoms with van der Waals surface area (Å²) in [6, 6.07) is 22.1. The van der Waals surface area contributed by atoms with E-state index in [1.807, 2.05) is 68.4 Å². The molecule has 8 nitrogen and oxygen atoms in total. The van der Waals surface area contributed by atoms with Gasteiger partial charge in [0, 0.05) is 18.7 Å². The van der Waals surface area contributed by atoms with Crippen LogP contribution in [0.3, 0.4) is 0 Å². The van der Waals surface area contributed by atoms with Crippen LogP contribution in [0, 0.1) is 6.92 Å². The van der Waals surface area contributed by atoms with Gasteiger partial charge in [0.15, 0.2) is 0 Å². The first-order valence-corrected chi connectivity index (χ1v) is 13.9. The minimum atomic E-state index is -0.959. The highest BCUT2D eigenvalue weighted by atomic mass is 16.6. The van der Waals surface area contributed by atoms with Gasteiger partial charge in [0.2, 0.25) is 5.91 Å².